The second-order valence-corrected chi connectivity index (χ2v) is 3.59. The highest BCUT2D eigenvalue weighted by Gasteiger charge is 2.26. The summed E-state index contributed by atoms with van der Waals surface area (Å²) in [5, 5.41) is 12.2. The topological polar surface area (TPSA) is 35.8 Å². The minimum atomic E-state index is 0.261. The fourth-order valence-corrected chi connectivity index (χ4v) is 1.74. The third kappa shape index (κ3) is 2.20. The quantitative estimate of drug-likeness (QED) is 0.653. The van der Waals surface area contributed by atoms with Crippen LogP contribution in [-0.2, 0) is 0 Å². The van der Waals surface area contributed by atoms with Crippen molar-refractivity contribution in [3.63, 3.8) is 0 Å². The van der Waals surface area contributed by atoms with E-state index in [1.54, 1.807) is 0 Å². The van der Waals surface area contributed by atoms with Crippen LogP contribution in [0.25, 0.3) is 0 Å². The molecule has 0 amide bonds. The Balaban J connectivity index is 2.39. The number of hydrogen-bond acceptors (Lipinski definition) is 2. The lowest BCUT2D eigenvalue weighted by atomic mass is 10.1. The van der Waals surface area contributed by atoms with Crippen LogP contribution < -0.4 is 5.32 Å². The van der Waals surface area contributed by atoms with Crippen molar-refractivity contribution in [3.8, 4) is 6.07 Å². The summed E-state index contributed by atoms with van der Waals surface area (Å²) in [6.45, 7) is 4.26. The number of nitrogens with zero attached hydrogens (tertiary/aromatic N) is 1. The normalized spacial score (nSPS) is 30.7. The smallest absolute Gasteiger partial charge is 0.0672 e. The lowest BCUT2D eigenvalue weighted by molar-refractivity contribution is 0.426. The van der Waals surface area contributed by atoms with Crippen LogP contribution in [0.4, 0.5) is 0 Å². The van der Waals surface area contributed by atoms with Gasteiger partial charge in [0.1, 0.15) is 0 Å². The molecule has 1 saturated carbocycles. The van der Waals surface area contributed by atoms with E-state index in [-0.39, 0.29) is 5.92 Å². The van der Waals surface area contributed by atoms with Gasteiger partial charge in [-0.1, -0.05) is 20.3 Å². The van der Waals surface area contributed by atoms with Gasteiger partial charge in [-0.25, -0.2) is 0 Å². The van der Waals surface area contributed by atoms with E-state index in [1.165, 1.54) is 12.8 Å². The molecule has 0 aliphatic heterocycles. The molecule has 0 aromatic carbocycles. The van der Waals surface area contributed by atoms with Gasteiger partial charge in [-0.15, -0.1) is 0 Å². The summed E-state index contributed by atoms with van der Waals surface area (Å²) in [4.78, 5) is 0. The first-order valence-electron chi connectivity index (χ1n) is 4.39. The Morgan fingerprint density at radius 2 is 2.18 bits per heavy atom. The number of nitriles is 1. The van der Waals surface area contributed by atoms with E-state index in [4.69, 9.17) is 5.26 Å². The largest absolute Gasteiger partial charge is 0.310 e. The SMILES string of the molecule is CC(C)N[C@@H]1CCC[C@@H]1C#N. The van der Waals surface area contributed by atoms with Crippen molar-refractivity contribution >= 4 is 0 Å². The molecule has 0 aromatic rings. The fraction of sp³-hybridized carbons (Fsp3) is 0.889. The molecule has 1 fully saturated rings. The maximum atomic E-state index is 8.76. The average molecular weight is 152 g/mol. The molecule has 0 aromatic heterocycles. The van der Waals surface area contributed by atoms with Crippen LogP contribution in [0.5, 0.6) is 0 Å². The van der Waals surface area contributed by atoms with E-state index in [0.29, 0.717) is 12.1 Å². The summed E-state index contributed by atoms with van der Waals surface area (Å²) in [5.74, 6) is 0.261. The Labute approximate surface area is 68.6 Å². The molecule has 0 spiro atoms. The van der Waals surface area contributed by atoms with Crippen LogP contribution in [0.2, 0.25) is 0 Å². The molecule has 11 heavy (non-hydrogen) atoms. The predicted molar refractivity (Wildman–Crippen MR) is 45.0 cm³/mol. The Hall–Kier alpha value is -0.550. The molecule has 1 N–H and O–H groups in total. The van der Waals surface area contributed by atoms with E-state index in [1.807, 2.05) is 0 Å². The van der Waals surface area contributed by atoms with Gasteiger partial charge < -0.3 is 5.32 Å². The molecule has 2 atom stereocenters. The molecule has 2 nitrogen and oxygen atoms in total. The van der Waals surface area contributed by atoms with Gasteiger partial charge in [0.25, 0.3) is 0 Å². The average Bonchev–Trinajstić information content (AvgIpc) is 2.34. The standard InChI is InChI=1S/C9H16N2/c1-7(2)11-9-5-3-4-8(9)6-10/h7-9,11H,3-5H2,1-2H3/t8-,9-/m1/s1. The molecule has 1 aliphatic rings. The first kappa shape index (κ1) is 8.55. The van der Waals surface area contributed by atoms with Crippen LogP contribution in [0, 0.1) is 17.2 Å². The Morgan fingerprint density at radius 1 is 1.45 bits per heavy atom. The Bertz CT molecular complexity index is 157. The van der Waals surface area contributed by atoms with Crippen molar-refractivity contribution in [1.29, 1.82) is 5.26 Å². The highest BCUT2D eigenvalue weighted by Crippen LogP contribution is 2.24. The van der Waals surface area contributed by atoms with Gasteiger partial charge in [0.15, 0.2) is 0 Å². The summed E-state index contributed by atoms with van der Waals surface area (Å²) < 4.78 is 0. The first-order valence-corrected chi connectivity index (χ1v) is 4.39. The maximum Gasteiger partial charge on any atom is 0.0672 e. The van der Waals surface area contributed by atoms with Crippen LogP contribution in [0.1, 0.15) is 33.1 Å². The van der Waals surface area contributed by atoms with Crippen LogP contribution in [0.3, 0.4) is 0 Å². The van der Waals surface area contributed by atoms with Crippen molar-refractivity contribution in [2.75, 3.05) is 0 Å². The van der Waals surface area contributed by atoms with E-state index in [9.17, 15) is 0 Å². The van der Waals surface area contributed by atoms with Gasteiger partial charge in [-0.2, -0.15) is 5.26 Å². The lowest BCUT2D eigenvalue weighted by Crippen LogP contribution is -2.36. The third-order valence-corrected chi connectivity index (χ3v) is 2.23. The molecule has 0 radical (unpaired) electrons. The van der Waals surface area contributed by atoms with Crippen molar-refractivity contribution < 1.29 is 0 Å². The van der Waals surface area contributed by atoms with Crippen molar-refractivity contribution in [2.24, 2.45) is 5.92 Å². The van der Waals surface area contributed by atoms with Crippen LogP contribution >= 0.6 is 0 Å². The monoisotopic (exact) mass is 152 g/mol. The summed E-state index contributed by atoms with van der Waals surface area (Å²) in [5.41, 5.74) is 0. The highest BCUT2D eigenvalue weighted by atomic mass is 14.9. The van der Waals surface area contributed by atoms with Gasteiger partial charge in [-0.05, 0) is 12.8 Å². The summed E-state index contributed by atoms with van der Waals surface area (Å²) in [6.07, 6.45) is 3.47. The van der Waals surface area contributed by atoms with Gasteiger partial charge >= 0.3 is 0 Å². The second-order valence-electron chi connectivity index (χ2n) is 3.59. The molecule has 2 heteroatoms. The number of hydrogen-bond donors (Lipinski definition) is 1. The summed E-state index contributed by atoms with van der Waals surface area (Å²) in [6, 6.07) is 3.32. The lowest BCUT2D eigenvalue weighted by Gasteiger charge is -2.18. The van der Waals surface area contributed by atoms with Crippen LogP contribution in [0.15, 0.2) is 0 Å². The Kier molecular flexibility index (Phi) is 2.90. The minimum Gasteiger partial charge on any atom is -0.310 e. The Morgan fingerprint density at radius 3 is 2.73 bits per heavy atom. The molecule has 0 unspecified atom stereocenters. The second kappa shape index (κ2) is 3.73. The third-order valence-electron chi connectivity index (χ3n) is 2.23. The zero-order valence-electron chi connectivity index (χ0n) is 7.30. The fourth-order valence-electron chi connectivity index (χ4n) is 1.74. The zero-order valence-corrected chi connectivity index (χ0v) is 7.30. The van der Waals surface area contributed by atoms with E-state index < -0.39 is 0 Å². The molecule has 1 aliphatic carbocycles. The van der Waals surface area contributed by atoms with E-state index in [2.05, 4.69) is 25.2 Å². The van der Waals surface area contributed by atoms with Gasteiger partial charge in [0.2, 0.25) is 0 Å². The highest BCUT2D eigenvalue weighted by molar-refractivity contribution is 4.96. The molecular weight excluding hydrogens is 136 g/mol. The minimum absolute atomic E-state index is 0.261. The molecule has 0 bridgehead atoms. The van der Waals surface area contributed by atoms with Gasteiger partial charge in [0, 0.05) is 12.1 Å². The van der Waals surface area contributed by atoms with Crippen LogP contribution in [-0.4, -0.2) is 12.1 Å². The van der Waals surface area contributed by atoms with E-state index in [0.717, 1.165) is 6.42 Å². The zero-order chi connectivity index (χ0) is 8.27. The number of rotatable bonds is 2. The first-order chi connectivity index (χ1) is 5.24. The molecular formula is C9H16N2. The predicted octanol–water partition coefficient (Wildman–Crippen LogP) is 1.68. The van der Waals surface area contributed by atoms with Crippen molar-refractivity contribution in [3.05, 3.63) is 0 Å². The summed E-state index contributed by atoms with van der Waals surface area (Å²) in [7, 11) is 0. The maximum absolute atomic E-state index is 8.76. The molecule has 62 valence electrons. The molecule has 0 saturated heterocycles. The molecule has 1 rings (SSSR count). The summed E-state index contributed by atoms with van der Waals surface area (Å²) >= 11 is 0. The van der Waals surface area contributed by atoms with E-state index >= 15 is 0 Å². The number of nitrogens with one attached hydrogen (secondary N) is 1. The van der Waals surface area contributed by atoms with Gasteiger partial charge in [0.05, 0.1) is 12.0 Å². The van der Waals surface area contributed by atoms with Crippen molar-refractivity contribution in [2.45, 2.75) is 45.2 Å². The van der Waals surface area contributed by atoms with Crippen molar-refractivity contribution in [1.82, 2.24) is 5.32 Å². The van der Waals surface area contributed by atoms with Gasteiger partial charge in [-0.3, -0.25) is 0 Å². The molecule has 0 heterocycles.